The summed E-state index contributed by atoms with van der Waals surface area (Å²) < 4.78 is 9.67. The second-order valence-electron chi connectivity index (χ2n) is 8.06. The van der Waals surface area contributed by atoms with Gasteiger partial charge in [0.1, 0.15) is 5.75 Å². The van der Waals surface area contributed by atoms with Crippen LogP contribution in [0.5, 0.6) is 5.75 Å². The molecule has 3 aromatic carbocycles. The average molecular weight is 576 g/mol. The van der Waals surface area contributed by atoms with E-state index >= 15 is 0 Å². The number of ether oxygens (including phenoxy) is 1. The smallest absolute Gasteiger partial charge is 0.138 e. The number of benzene rings is 3. The van der Waals surface area contributed by atoms with Gasteiger partial charge < -0.3 is 9.64 Å². The fraction of sp³-hybridized carbons (Fsp3) is 0.250. The number of anilines is 1. The van der Waals surface area contributed by atoms with E-state index in [0.717, 1.165) is 34.3 Å². The van der Waals surface area contributed by atoms with Crippen molar-refractivity contribution in [3.8, 4) is 5.75 Å². The van der Waals surface area contributed by atoms with Crippen molar-refractivity contribution in [2.45, 2.75) is 18.4 Å². The maximum atomic E-state index is 6.38. The molecule has 0 spiro atoms. The van der Waals surface area contributed by atoms with Crippen LogP contribution in [0.2, 0.25) is 0 Å². The van der Waals surface area contributed by atoms with E-state index < -0.39 is 0 Å². The predicted octanol–water partition coefficient (Wildman–Crippen LogP) is 7.23. The number of fused-ring (bicyclic) bond motifs is 4. The van der Waals surface area contributed by atoms with E-state index in [1.807, 2.05) is 0 Å². The summed E-state index contributed by atoms with van der Waals surface area (Å²) >= 11 is 11.2. The number of hydrogen-bond donors (Lipinski definition) is 0. The SMILES string of the molecule is Brc1cc2c3c(c1)[C@@H](c1ccccc1)[C@@H]1COc4c(Br)cc(Br)cc4[C@H]1N3CC2. The zero-order valence-electron chi connectivity index (χ0n) is 15.5. The Morgan fingerprint density at radius 1 is 0.897 bits per heavy atom. The summed E-state index contributed by atoms with van der Waals surface area (Å²) in [5.74, 6) is 1.67. The van der Waals surface area contributed by atoms with Crippen LogP contribution in [0.4, 0.5) is 5.69 Å². The Kier molecular flexibility index (Phi) is 4.37. The maximum Gasteiger partial charge on any atom is 0.138 e. The molecule has 0 radical (unpaired) electrons. The highest BCUT2D eigenvalue weighted by Crippen LogP contribution is 2.58. The third kappa shape index (κ3) is 2.77. The third-order valence-electron chi connectivity index (χ3n) is 6.53. The van der Waals surface area contributed by atoms with Gasteiger partial charge in [-0.25, -0.2) is 0 Å². The van der Waals surface area contributed by atoms with Crippen molar-refractivity contribution in [1.29, 1.82) is 0 Å². The van der Waals surface area contributed by atoms with Crippen molar-refractivity contribution in [2.75, 3.05) is 18.1 Å². The first-order valence-electron chi connectivity index (χ1n) is 9.87. The van der Waals surface area contributed by atoms with Crippen LogP contribution in [0.1, 0.15) is 34.2 Å². The zero-order chi connectivity index (χ0) is 19.7. The summed E-state index contributed by atoms with van der Waals surface area (Å²) in [6, 6.07) is 20.2. The molecule has 6 rings (SSSR count). The lowest BCUT2D eigenvalue weighted by Crippen LogP contribution is -2.45. The first-order valence-corrected chi connectivity index (χ1v) is 12.3. The highest BCUT2D eigenvalue weighted by atomic mass is 79.9. The van der Waals surface area contributed by atoms with Crippen LogP contribution in [0, 0.1) is 5.92 Å². The van der Waals surface area contributed by atoms with Crippen LogP contribution in [-0.2, 0) is 6.42 Å². The maximum absolute atomic E-state index is 6.38. The van der Waals surface area contributed by atoms with Crippen LogP contribution < -0.4 is 9.64 Å². The summed E-state index contributed by atoms with van der Waals surface area (Å²) in [6.45, 7) is 1.78. The van der Waals surface area contributed by atoms with Gasteiger partial charge in [-0.1, -0.05) is 62.2 Å². The van der Waals surface area contributed by atoms with E-state index in [9.17, 15) is 0 Å². The quantitative estimate of drug-likeness (QED) is 0.303. The van der Waals surface area contributed by atoms with E-state index in [2.05, 4.69) is 107 Å². The predicted molar refractivity (Wildman–Crippen MR) is 127 cm³/mol. The Morgan fingerprint density at radius 2 is 1.66 bits per heavy atom. The van der Waals surface area contributed by atoms with Gasteiger partial charge in [0.05, 0.1) is 17.1 Å². The molecule has 0 saturated carbocycles. The zero-order valence-corrected chi connectivity index (χ0v) is 20.3. The molecule has 0 N–H and O–H groups in total. The van der Waals surface area contributed by atoms with E-state index in [1.54, 1.807) is 0 Å². The van der Waals surface area contributed by atoms with Crippen LogP contribution >= 0.6 is 47.8 Å². The molecule has 3 aliphatic heterocycles. The molecular formula is C24H18Br3NO. The topological polar surface area (TPSA) is 12.5 Å². The van der Waals surface area contributed by atoms with Crippen LogP contribution in [-0.4, -0.2) is 13.2 Å². The lowest BCUT2D eigenvalue weighted by atomic mass is 9.70. The molecular weight excluding hydrogens is 558 g/mol. The minimum atomic E-state index is 0.313. The Hall–Kier alpha value is -1.30. The summed E-state index contributed by atoms with van der Waals surface area (Å²) in [4.78, 5) is 2.64. The lowest BCUT2D eigenvalue weighted by Gasteiger charge is -2.49. The van der Waals surface area contributed by atoms with Crippen molar-refractivity contribution in [3.05, 3.63) is 90.3 Å². The molecule has 0 unspecified atom stereocenters. The molecule has 0 aromatic heterocycles. The molecule has 3 heterocycles. The largest absolute Gasteiger partial charge is 0.492 e. The van der Waals surface area contributed by atoms with Gasteiger partial charge in [-0.05, 0) is 63.3 Å². The van der Waals surface area contributed by atoms with Crippen LogP contribution in [0.15, 0.2) is 68.0 Å². The highest BCUT2D eigenvalue weighted by Gasteiger charge is 2.48. The fourth-order valence-corrected chi connectivity index (χ4v) is 7.43. The summed E-state index contributed by atoms with van der Waals surface area (Å²) in [7, 11) is 0. The number of halogens is 3. The highest BCUT2D eigenvalue weighted by molar-refractivity contribution is 9.11. The summed E-state index contributed by atoms with van der Waals surface area (Å²) in [6.07, 6.45) is 1.10. The minimum Gasteiger partial charge on any atom is -0.492 e. The molecule has 3 aliphatic rings. The molecule has 3 aromatic rings. The van der Waals surface area contributed by atoms with Gasteiger partial charge in [0.2, 0.25) is 0 Å². The molecule has 146 valence electrons. The van der Waals surface area contributed by atoms with Crippen LogP contribution in [0.25, 0.3) is 0 Å². The van der Waals surface area contributed by atoms with E-state index in [4.69, 9.17) is 4.74 Å². The van der Waals surface area contributed by atoms with Crippen molar-refractivity contribution in [3.63, 3.8) is 0 Å². The summed E-state index contributed by atoms with van der Waals surface area (Å²) in [5, 5.41) is 0. The van der Waals surface area contributed by atoms with Crippen molar-refractivity contribution < 1.29 is 4.74 Å². The first-order chi connectivity index (χ1) is 14.1. The standard InChI is InChI=1S/C24H18Br3NO/c25-15-8-14-6-7-28-22(14)17(9-15)21(13-4-2-1-3-5-13)19-12-29-24-18(23(19)28)10-16(26)11-20(24)27/h1-5,8-11,19,21,23H,6-7,12H2/t19-,21+,23+/m0/s1. The van der Waals surface area contributed by atoms with Gasteiger partial charge in [0, 0.05) is 38.6 Å². The van der Waals surface area contributed by atoms with Gasteiger partial charge in [-0.2, -0.15) is 0 Å². The van der Waals surface area contributed by atoms with Crippen molar-refractivity contribution in [2.24, 2.45) is 5.92 Å². The molecule has 0 amide bonds. The molecule has 0 bridgehead atoms. The van der Waals surface area contributed by atoms with E-state index in [-0.39, 0.29) is 0 Å². The van der Waals surface area contributed by atoms with E-state index in [0.29, 0.717) is 17.9 Å². The molecule has 0 fully saturated rings. The Balaban J connectivity index is 1.63. The van der Waals surface area contributed by atoms with Gasteiger partial charge in [0.15, 0.2) is 0 Å². The third-order valence-corrected chi connectivity index (χ3v) is 8.04. The monoisotopic (exact) mass is 573 g/mol. The summed E-state index contributed by atoms with van der Waals surface area (Å²) in [5.41, 5.74) is 6.98. The van der Waals surface area contributed by atoms with Crippen LogP contribution in [0.3, 0.4) is 0 Å². The number of hydrogen-bond acceptors (Lipinski definition) is 2. The van der Waals surface area contributed by atoms with Gasteiger partial charge in [-0.3, -0.25) is 0 Å². The molecule has 29 heavy (non-hydrogen) atoms. The molecule has 0 aliphatic carbocycles. The Bertz CT molecular complexity index is 1130. The first kappa shape index (κ1) is 18.5. The second kappa shape index (κ2) is 6.86. The van der Waals surface area contributed by atoms with E-state index in [1.165, 1.54) is 32.4 Å². The second-order valence-corrected chi connectivity index (χ2v) is 10.7. The Labute approximate surface area is 195 Å². The Morgan fingerprint density at radius 3 is 2.48 bits per heavy atom. The molecule has 0 saturated heterocycles. The number of rotatable bonds is 1. The average Bonchev–Trinajstić information content (AvgIpc) is 3.12. The lowest BCUT2D eigenvalue weighted by molar-refractivity contribution is 0.169. The normalized spacial score (nSPS) is 23.8. The fourth-order valence-electron chi connectivity index (χ4n) is 5.54. The van der Waals surface area contributed by atoms with Gasteiger partial charge in [0.25, 0.3) is 0 Å². The van der Waals surface area contributed by atoms with Crippen molar-refractivity contribution >= 4 is 53.5 Å². The minimum absolute atomic E-state index is 0.313. The molecule has 5 heteroatoms. The number of nitrogens with zero attached hydrogens (tertiary/aromatic N) is 1. The van der Waals surface area contributed by atoms with Gasteiger partial charge >= 0.3 is 0 Å². The molecule has 2 nitrogen and oxygen atoms in total. The van der Waals surface area contributed by atoms with Crippen molar-refractivity contribution in [1.82, 2.24) is 0 Å². The van der Waals surface area contributed by atoms with Gasteiger partial charge in [-0.15, -0.1) is 0 Å². The molecule has 3 atom stereocenters.